The highest BCUT2D eigenvalue weighted by atomic mass is 16.5. The van der Waals surface area contributed by atoms with Gasteiger partial charge < -0.3 is 14.4 Å². The van der Waals surface area contributed by atoms with E-state index < -0.39 is 5.97 Å². The maximum absolute atomic E-state index is 10.8. The van der Waals surface area contributed by atoms with Gasteiger partial charge in [-0.25, -0.2) is 4.79 Å². The van der Waals surface area contributed by atoms with Crippen LogP contribution in [0.5, 0.6) is 5.75 Å². The Morgan fingerprint density at radius 2 is 2.28 bits per heavy atom. The van der Waals surface area contributed by atoms with Crippen molar-refractivity contribution < 1.29 is 19.2 Å². The second kappa shape index (κ2) is 4.91. The Morgan fingerprint density at radius 1 is 1.50 bits per heavy atom. The first-order valence-electron chi connectivity index (χ1n) is 5.53. The smallest absolute Gasteiger partial charge is 0.374 e. The van der Waals surface area contributed by atoms with Crippen LogP contribution in [0.15, 0.2) is 28.8 Å². The van der Waals surface area contributed by atoms with E-state index in [1.807, 2.05) is 25.1 Å². The van der Waals surface area contributed by atoms with Crippen molar-refractivity contribution in [1.29, 1.82) is 0 Å². The summed E-state index contributed by atoms with van der Waals surface area (Å²) in [4.78, 5) is 10.8. The Hall–Kier alpha value is -2.30. The molecule has 1 aromatic carbocycles. The number of ether oxygens (including phenoxy) is 1. The molecule has 0 aliphatic heterocycles. The minimum Gasteiger partial charge on any atom is -0.496 e. The molecular formula is C13H13NO4. The zero-order chi connectivity index (χ0) is 13.1. The fraction of sp³-hybridized carbons (Fsp3) is 0.231. The summed E-state index contributed by atoms with van der Waals surface area (Å²) in [5.41, 5.74) is 2.22. The number of hydrogen-bond acceptors (Lipinski definition) is 4. The lowest BCUT2D eigenvalue weighted by molar-refractivity contribution is 0.0652. The van der Waals surface area contributed by atoms with Crippen molar-refractivity contribution >= 4 is 5.97 Å². The zero-order valence-electron chi connectivity index (χ0n) is 10.1. The van der Waals surface area contributed by atoms with Gasteiger partial charge in [0.15, 0.2) is 0 Å². The number of aryl methyl sites for hydroxylation is 1. The number of methoxy groups -OCH3 is 1. The Morgan fingerprint density at radius 3 is 2.83 bits per heavy atom. The van der Waals surface area contributed by atoms with Gasteiger partial charge >= 0.3 is 5.97 Å². The molecule has 5 nitrogen and oxygen atoms in total. The molecule has 0 aliphatic carbocycles. The lowest BCUT2D eigenvalue weighted by Crippen LogP contribution is -1.94. The Bertz CT molecular complexity index is 574. The zero-order valence-corrected chi connectivity index (χ0v) is 10.1. The Kier molecular flexibility index (Phi) is 3.32. The highest BCUT2D eigenvalue weighted by molar-refractivity contribution is 5.86. The molecule has 0 saturated carbocycles. The van der Waals surface area contributed by atoms with Gasteiger partial charge in [0.25, 0.3) is 0 Å². The van der Waals surface area contributed by atoms with E-state index in [4.69, 9.17) is 14.4 Å². The van der Waals surface area contributed by atoms with Crippen molar-refractivity contribution in [2.45, 2.75) is 13.3 Å². The van der Waals surface area contributed by atoms with Gasteiger partial charge in [0.05, 0.1) is 7.11 Å². The summed E-state index contributed by atoms with van der Waals surface area (Å²) in [6, 6.07) is 7.05. The van der Waals surface area contributed by atoms with Gasteiger partial charge in [0, 0.05) is 11.6 Å². The van der Waals surface area contributed by atoms with Crippen molar-refractivity contribution in [3.63, 3.8) is 0 Å². The summed E-state index contributed by atoms with van der Waals surface area (Å²) in [5.74, 6) is -0.626. The van der Waals surface area contributed by atoms with Gasteiger partial charge in [0.2, 0.25) is 5.76 Å². The summed E-state index contributed by atoms with van der Waals surface area (Å²) < 4.78 is 10.1. The summed E-state index contributed by atoms with van der Waals surface area (Å²) >= 11 is 0. The lowest BCUT2D eigenvalue weighted by atomic mass is 10.0. The number of aromatic nitrogens is 1. The van der Waals surface area contributed by atoms with Crippen LogP contribution < -0.4 is 4.74 Å². The average Bonchev–Trinajstić information content (AvgIpc) is 2.87. The van der Waals surface area contributed by atoms with E-state index in [9.17, 15) is 4.79 Å². The van der Waals surface area contributed by atoms with Crippen LogP contribution in [-0.4, -0.2) is 23.3 Å². The maximum Gasteiger partial charge on any atom is 0.374 e. The molecule has 0 unspecified atom stereocenters. The van der Waals surface area contributed by atoms with Crippen LogP contribution in [0, 0.1) is 0 Å². The maximum atomic E-state index is 10.8. The van der Waals surface area contributed by atoms with E-state index in [1.165, 1.54) is 6.07 Å². The fourth-order valence-electron chi connectivity index (χ4n) is 1.81. The fourth-order valence-corrected chi connectivity index (χ4v) is 1.81. The van der Waals surface area contributed by atoms with Gasteiger partial charge in [-0.3, -0.25) is 0 Å². The second-order valence-corrected chi connectivity index (χ2v) is 3.73. The van der Waals surface area contributed by atoms with Crippen LogP contribution in [0.25, 0.3) is 11.3 Å². The number of carboxylic acid groups (broad SMARTS) is 1. The van der Waals surface area contributed by atoms with Crippen molar-refractivity contribution in [3.05, 3.63) is 35.6 Å². The number of carbonyl (C=O) groups is 1. The molecule has 0 aliphatic rings. The van der Waals surface area contributed by atoms with E-state index in [2.05, 4.69) is 5.16 Å². The number of rotatable bonds is 4. The van der Waals surface area contributed by atoms with Crippen LogP contribution in [0.3, 0.4) is 0 Å². The third-order valence-corrected chi connectivity index (χ3v) is 2.68. The van der Waals surface area contributed by atoms with Crippen LogP contribution in [0.4, 0.5) is 0 Å². The number of aromatic carboxylic acids is 1. The quantitative estimate of drug-likeness (QED) is 0.899. The molecule has 0 saturated heterocycles. The largest absolute Gasteiger partial charge is 0.496 e. The predicted octanol–water partition coefficient (Wildman–Crippen LogP) is 2.61. The molecule has 1 heterocycles. The van der Waals surface area contributed by atoms with E-state index in [0.717, 1.165) is 17.5 Å². The minimum atomic E-state index is -1.14. The Balaban J connectivity index is 2.52. The summed E-state index contributed by atoms with van der Waals surface area (Å²) in [7, 11) is 1.58. The topological polar surface area (TPSA) is 72.6 Å². The van der Waals surface area contributed by atoms with Gasteiger partial charge in [0.1, 0.15) is 11.4 Å². The monoisotopic (exact) mass is 247 g/mol. The molecule has 18 heavy (non-hydrogen) atoms. The first-order valence-corrected chi connectivity index (χ1v) is 5.53. The molecule has 1 N–H and O–H groups in total. The molecule has 2 aromatic rings. The van der Waals surface area contributed by atoms with Crippen molar-refractivity contribution in [2.75, 3.05) is 7.11 Å². The highest BCUT2D eigenvalue weighted by Gasteiger charge is 2.16. The molecule has 0 radical (unpaired) electrons. The SMILES string of the molecule is CCc1cccc(-c2cc(C(=O)O)on2)c1OC. The molecule has 2 rings (SSSR count). The number of hydrogen-bond donors (Lipinski definition) is 1. The van der Waals surface area contributed by atoms with Crippen LogP contribution in [0.1, 0.15) is 23.0 Å². The van der Waals surface area contributed by atoms with Crippen molar-refractivity contribution in [3.8, 4) is 17.0 Å². The van der Waals surface area contributed by atoms with Crippen molar-refractivity contribution in [2.24, 2.45) is 0 Å². The van der Waals surface area contributed by atoms with Gasteiger partial charge in [-0.1, -0.05) is 24.2 Å². The lowest BCUT2D eigenvalue weighted by Gasteiger charge is -2.10. The number of nitrogens with zero attached hydrogens (tertiary/aromatic N) is 1. The Labute approximate surface area is 104 Å². The van der Waals surface area contributed by atoms with Gasteiger partial charge in [-0.05, 0) is 18.1 Å². The van der Waals surface area contributed by atoms with E-state index in [-0.39, 0.29) is 5.76 Å². The third kappa shape index (κ3) is 2.07. The number of para-hydroxylation sites is 1. The summed E-state index contributed by atoms with van der Waals surface area (Å²) in [6.45, 7) is 2.02. The van der Waals surface area contributed by atoms with E-state index >= 15 is 0 Å². The molecule has 0 atom stereocenters. The predicted molar refractivity (Wildman–Crippen MR) is 64.8 cm³/mol. The number of benzene rings is 1. The molecule has 94 valence electrons. The average molecular weight is 247 g/mol. The molecule has 0 bridgehead atoms. The molecule has 0 fully saturated rings. The summed E-state index contributed by atoms with van der Waals surface area (Å²) in [6.07, 6.45) is 0.820. The molecule has 0 spiro atoms. The molecule has 1 aromatic heterocycles. The first-order chi connectivity index (χ1) is 8.67. The van der Waals surface area contributed by atoms with E-state index in [0.29, 0.717) is 11.4 Å². The highest BCUT2D eigenvalue weighted by Crippen LogP contribution is 2.32. The molecule has 5 heteroatoms. The van der Waals surface area contributed by atoms with Crippen LogP contribution >= 0.6 is 0 Å². The van der Waals surface area contributed by atoms with E-state index in [1.54, 1.807) is 7.11 Å². The van der Waals surface area contributed by atoms with Gasteiger partial charge in [-0.15, -0.1) is 0 Å². The second-order valence-electron chi connectivity index (χ2n) is 3.73. The molecular weight excluding hydrogens is 234 g/mol. The standard InChI is InChI=1S/C13H13NO4/c1-3-8-5-4-6-9(12(8)17-2)10-7-11(13(15)16)18-14-10/h4-7H,3H2,1-2H3,(H,15,16). The van der Waals surface area contributed by atoms with Crippen LogP contribution in [0.2, 0.25) is 0 Å². The first kappa shape index (κ1) is 12.2. The minimum absolute atomic E-state index is 0.186. The van der Waals surface area contributed by atoms with Gasteiger partial charge in [-0.2, -0.15) is 0 Å². The van der Waals surface area contributed by atoms with Crippen molar-refractivity contribution in [1.82, 2.24) is 5.16 Å². The third-order valence-electron chi connectivity index (χ3n) is 2.68. The number of carboxylic acids is 1. The normalized spacial score (nSPS) is 10.3. The summed E-state index contributed by atoms with van der Waals surface area (Å²) in [5, 5.41) is 12.6. The van der Waals surface area contributed by atoms with Crippen LogP contribution in [-0.2, 0) is 6.42 Å². The molecule has 0 amide bonds.